The SMILES string of the molecule is CCCCCCCCC[C@]1([C@@H]2COC(C)(C)O2)CC=C(C)C(=O)O1. The summed E-state index contributed by atoms with van der Waals surface area (Å²) in [4.78, 5) is 12.1. The van der Waals surface area contributed by atoms with Crippen LogP contribution in [0.1, 0.15) is 85.5 Å². The van der Waals surface area contributed by atoms with E-state index in [4.69, 9.17) is 14.2 Å². The summed E-state index contributed by atoms with van der Waals surface area (Å²) >= 11 is 0. The molecule has 0 aromatic carbocycles. The summed E-state index contributed by atoms with van der Waals surface area (Å²) in [6.07, 6.45) is 12.1. The molecule has 0 aromatic rings. The lowest BCUT2D eigenvalue weighted by molar-refractivity contribution is -0.194. The highest BCUT2D eigenvalue weighted by molar-refractivity contribution is 5.89. The van der Waals surface area contributed by atoms with E-state index in [0.717, 1.165) is 19.3 Å². The lowest BCUT2D eigenvalue weighted by atomic mass is 9.84. The van der Waals surface area contributed by atoms with Crippen LogP contribution in [0.5, 0.6) is 0 Å². The van der Waals surface area contributed by atoms with Gasteiger partial charge < -0.3 is 14.2 Å². The van der Waals surface area contributed by atoms with Crippen molar-refractivity contribution in [2.24, 2.45) is 0 Å². The third kappa shape index (κ3) is 5.06. The summed E-state index contributed by atoms with van der Waals surface area (Å²) in [5.74, 6) is -0.807. The first-order valence-corrected chi connectivity index (χ1v) is 9.60. The first-order valence-electron chi connectivity index (χ1n) is 9.60. The van der Waals surface area contributed by atoms with E-state index in [1.807, 2.05) is 26.8 Å². The Morgan fingerprint density at radius 2 is 1.79 bits per heavy atom. The van der Waals surface area contributed by atoms with Gasteiger partial charge in [0.25, 0.3) is 0 Å². The topological polar surface area (TPSA) is 44.8 Å². The number of ether oxygens (including phenoxy) is 3. The molecule has 0 bridgehead atoms. The Hall–Kier alpha value is -0.870. The quantitative estimate of drug-likeness (QED) is 0.442. The third-order valence-electron chi connectivity index (χ3n) is 5.17. The molecule has 2 atom stereocenters. The summed E-state index contributed by atoms with van der Waals surface area (Å²) in [5.41, 5.74) is 0.136. The minimum atomic E-state index is -0.597. The fourth-order valence-corrected chi connectivity index (χ4v) is 3.55. The molecule has 0 aliphatic carbocycles. The summed E-state index contributed by atoms with van der Waals surface area (Å²) < 4.78 is 17.7. The molecule has 0 aromatic heterocycles. The van der Waals surface area contributed by atoms with Crippen molar-refractivity contribution in [2.45, 2.75) is 103 Å². The van der Waals surface area contributed by atoms with Gasteiger partial charge in [0.2, 0.25) is 0 Å². The minimum absolute atomic E-state index is 0.180. The van der Waals surface area contributed by atoms with Crippen LogP contribution in [0.25, 0.3) is 0 Å². The molecule has 0 radical (unpaired) electrons. The van der Waals surface area contributed by atoms with Gasteiger partial charge >= 0.3 is 5.97 Å². The monoisotopic (exact) mass is 338 g/mol. The molecule has 4 heteroatoms. The second-order valence-electron chi connectivity index (χ2n) is 7.73. The van der Waals surface area contributed by atoms with Gasteiger partial charge in [-0.25, -0.2) is 4.79 Å². The highest BCUT2D eigenvalue weighted by atomic mass is 16.8. The highest BCUT2D eigenvalue weighted by Gasteiger charge is 2.50. The molecule has 1 saturated heterocycles. The highest BCUT2D eigenvalue weighted by Crippen LogP contribution is 2.39. The van der Waals surface area contributed by atoms with Crippen molar-refractivity contribution in [1.82, 2.24) is 0 Å². The average Bonchev–Trinajstić information content (AvgIpc) is 2.91. The van der Waals surface area contributed by atoms with Gasteiger partial charge in [0.1, 0.15) is 11.7 Å². The van der Waals surface area contributed by atoms with E-state index < -0.39 is 11.4 Å². The zero-order valence-electron chi connectivity index (χ0n) is 15.9. The molecule has 2 aliphatic heterocycles. The maximum Gasteiger partial charge on any atom is 0.334 e. The van der Waals surface area contributed by atoms with Gasteiger partial charge in [-0.3, -0.25) is 0 Å². The van der Waals surface area contributed by atoms with E-state index in [1.54, 1.807) is 0 Å². The van der Waals surface area contributed by atoms with E-state index in [1.165, 1.54) is 38.5 Å². The first kappa shape index (κ1) is 19.5. The van der Waals surface area contributed by atoms with Gasteiger partial charge in [-0.1, -0.05) is 51.5 Å². The second kappa shape index (κ2) is 8.48. The summed E-state index contributed by atoms with van der Waals surface area (Å²) in [7, 11) is 0. The van der Waals surface area contributed by atoms with Crippen molar-refractivity contribution >= 4 is 5.97 Å². The summed E-state index contributed by atoms with van der Waals surface area (Å²) in [6, 6.07) is 0. The van der Waals surface area contributed by atoms with E-state index in [9.17, 15) is 4.79 Å². The van der Waals surface area contributed by atoms with Crippen molar-refractivity contribution < 1.29 is 19.0 Å². The smallest absolute Gasteiger partial charge is 0.334 e. The molecule has 0 unspecified atom stereocenters. The second-order valence-corrected chi connectivity index (χ2v) is 7.73. The van der Waals surface area contributed by atoms with Gasteiger partial charge in [0, 0.05) is 12.0 Å². The van der Waals surface area contributed by atoms with Crippen LogP contribution in [0.15, 0.2) is 11.6 Å². The van der Waals surface area contributed by atoms with E-state index in [2.05, 4.69) is 6.92 Å². The maximum absolute atomic E-state index is 12.1. The zero-order valence-corrected chi connectivity index (χ0v) is 15.9. The molecule has 1 fully saturated rings. The van der Waals surface area contributed by atoms with Crippen LogP contribution in [0.2, 0.25) is 0 Å². The molecule has 0 saturated carbocycles. The number of cyclic esters (lactones) is 1. The van der Waals surface area contributed by atoms with Crippen molar-refractivity contribution in [3.05, 3.63) is 11.6 Å². The Kier molecular flexibility index (Phi) is 6.88. The molecular weight excluding hydrogens is 304 g/mol. The van der Waals surface area contributed by atoms with E-state index in [-0.39, 0.29) is 12.1 Å². The average molecular weight is 338 g/mol. The molecule has 0 spiro atoms. The fourth-order valence-electron chi connectivity index (χ4n) is 3.55. The Bertz CT molecular complexity index is 455. The lowest BCUT2D eigenvalue weighted by Gasteiger charge is -2.39. The molecule has 0 N–H and O–H groups in total. The van der Waals surface area contributed by atoms with Gasteiger partial charge in [-0.2, -0.15) is 0 Å². The van der Waals surface area contributed by atoms with Crippen LogP contribution in [0.4, 0.5) is 0 Å². The Labute approximate surface area is 146 Å². The minimum Gasteiger partial charge on any atom is -0.453 e. The number of hydrogen-bond donors (Lipinski definition) is 0. The summed E-state index contributed by atoms with van der Waals surface area (Å²) in [5, 5.41) is 0. The van der Waals surface area contributed by atoms with Crippen molar-refractivity contribution in [2.75, 3.05) is 6.61 Å². The third-order valence-corrected chi connectivity index (χ3v) is 5.17. The normalized spacial score (nSPS) is 29.4. The Morgan fingerprint density at radius 1 is 1.12 bits per heavy atom. The van der Waals surface area contributed by atoms with Crippen LogP contribution in [0.3, 0.4) is 0 Å². The molecule has 4 nitrogen and oxygen atoms in total. The molecular formula is C20H34O4. The van der Waals surface area contributed by atoms with Crippen LogP contribution in [-0.4, -0.2) is 30.1 Å². The summed E-state index contributed by atoms with van der Waals surface area (Å²) in [6.45, 7) is 8.38. The van der Waals surface area contributed by atoms with Gasteiger partial charge in [0.05, 0.1) is 6.61 Å². The van der Waals surface area contributed by atoms with Crippen LogP contribution in [0, 0.1) is 0 Å². The number of carbonyl (C=O) groups is 1. The molecule has 0 amide bonds. The number of esters is 1. The first-order chi connectivity index (χ1) is 11.4. The van der Waals surface area contributed by atoms with Crippen LogP contribution >= 0.6 is 0 Å². The lowest BCUT2D eigenvalue weighted by Crippen LogP contribution is -2.50. The van der Waals surface area contributed by atoms with Gasteiger partial charge in [-0.15, -0.1) is 0 Å². The molecule has 2 rings (SSSR count). The van der Waals surface area contributed by atoms with E-state index >= 15 is 0 Å². The fraction of sp³-hybridized carbons (Fsp3) is 0.850. The maximum atomic E-state index is 12.1. The van der Waals surface area contributed by atoms with Gasteiger partial charge in [0.15, 0.2) is 5.79 Å². The van der Waals surface area contributed by atoms with Crippen molar-refractivity contribution in [3.63, 3.8) is 0 Å². The largest absolute Gasteiger partial charge is 0.453 e. The number of unbranched alkanes of at least 4 members (excludes halogenated alkanes) is 6. The van der Waals surface area contributed by atoms with Crippen LogP contribution in [-0.2, 0) is 19.0 Å². The van der Waals surface area contributed by atoms with E-state index in [0.29, 0.717) is 12.2 Å². The molecule has 24 heavy (non-hydrogen) atoms. The number of hydrogen-bond acceptors (Lipinski definition) is 4. The molecule has 138 valence electrons. The van der Waals surface area contributed by atoms with Gasteiger partial charge in [-0.05, 0) is 33.6 Å². The Morgan fingerprint density at radius 3 is 2.38 bits per heavy atom. The molecule has 2 heterocycles. The van der Waals surface area contributed by atoms with Crippen LogP contribution < -0.4 is 0 Å². The van der Waals surface area contributed by atoms with Crippen molar-refractivity contribution in [3.8, 4) is 0 Å². The zero-order chi connectivity index (χ0) is 17.6. The standard InChI is InChI=1S/C20H34O4/c1-5-6-7-8-9-10-11-13-20(14-12-16(2)18(21)24-20)17-15-22-19(3,4)23-17/h12,17H,5-11,13-15H2,1-4H3/t17-,20+/m0/s1. The number of carbonyl (C=O) groups excluding carboxylic acids is 1. The molecule has 2 aliphatic rings. The predicted octanol–water partition coefficient (Wildman–Crippen LogP) is 4.91. The number of rotatable bonds is 9. The predicted molar refractivity (Wildman–Crippen MR) is 94.7 cm³/mol. The Balaban J connectivity index is 1.91. The van der Waals surface area contributed by atoms with Crippen molar-refractivity contribution in [1.29, 1.82) is 0 Å².